The highest BCUT2D eigenvalue weighted by molar-refractivity contribution is 5.87. The Labute approximate surface area is 381 Å². The van der Waals surface area contributed by atoms with E-state index in [0.29, 0.717) is 36.9 Å². The number of nitrogens with one attached hydrogen (secondary N) is 1. The Balaban J connectivity index is 0.000000186. The van der Waals surface area contributed by atoms with Crippen LogP contribution in [0.1, 0.15) is 104 Å². The van der Waals surface area contributed by atoms with Crippen LogP contribution >= 0.6 is 0 Å². The monoisotopic (exact) mass is 890 g/mol. The fraction of sp³-hybridized carbons (Fsp3) is 0.653. The number of carbonyl (C=O) groups excluding carboxylic acids is 4. The number of rotatable bonds is 10. The van der Waals surface area contributed by atoms with Gasteiger partial charge in [-0.25, -0.2) is 14.4 Å². The number of ether oxygens (including phenoxy) is 2. The molecule has 3 unspecified atom stereocenters. The number of carbonyl (C=O) groups is 5. The number of likely N-dealkylation sites (N-methyl/N-ethyl adjacent to an activating group) is 2. The van der Waals surface area contributed by atoms with Gasteiger partial charge in [0.2, 0.25) is 11.8 Å². The molecule has 8 atom stereocenters. The number of hydrogen-bond acceptors (Lipinski definition) is 10. The molecule has 0 saturated carbocycles. The lowest BCUT2D eigenvalue weighted by atomic mass is 10.1. The molecule has 2 N–H and O–H groups in total. The van der Waals surface area contributed by atoms with Crippen LogP contribution in [0, 0.1) is 0 Å². The van der Waals surface area contributed by atoms with Crippen molar-refractivity contribution in [1.82, 2.24) is 34.7 Å². The number of carboxylic acid groups (broad SMARTS) is 1. The summed E-state index contributed by atoms with van der Waals surface area (Å²) in [6.07, 6.45) is 6.75. The normalized spacial score (nSPS) is 27.2. The van der Waals surface area contributed by atoms with Gasteiger partial charge in [0, 0.05) is 69.5 Å². The van der Waals surface area contributed by atoms with Gasteiger partial charge in [-0.1, -0.05) is 81.4 Å². The van der Waals surface area contributed by atoms with Crippen LogP contribution in [0.25, 0.3) is 0 Å². The number of carboxylic acids is 1. The van der Waals surface area contributed by atoms with Crippen LogP contribution in [0.15, 0.2) is 60.7 Å². The summed E-state index contributed by atoms with van der Waals surface area (Å²) < 4.78 is 10.8. The van der Waals surface area contributed by atoms with E-state index in [1.54, 1.807) is 4.90 Å². The molecule has 0 aromatic heterocycles. The molecule has 4 amide bonds. The summed E-state index contributed by atoms with van der Waals surface area (Å²) in [6, 6.07) is 19.3. The number of piperazine rings is 2. The van der Waals surface area contributed by atoms with Gasteiger partial charge in [-0.15, -0.1) is 0 Å². The number of likely N-dealkylation sites (tertiary alicyclic amines) is 2. The Morgan fingerprint density at radius 1 is 0.594 bits per heavy atom. The molecule has 64 heavy (non-hydrogen) atoms. The van der Waals surface area contributed by atoms with Crippen LogP contribution in [0.3, 0.4) is 0 Å². The summed E-state index contributed by atoms with van der Waals surface area (Å²) in [7, 11) is 4.22. The lowest BCUT2D eigenvalue weighted by Gasteiger charge is -2.40. The van der Waals surface area contributed by atoms with Gasteiger partial charge in [-0.2, -0.15) is 0 Å². The average Bonchev–Trinajstić information content (AvgIpc) is 4.09. The van der Waals surface area contributed by atoms with Gasteiger partial charge in [0.15, 0.2) is 0 Å². The number of aliphatic carboxylic acids is 1. The van der Waals surface area contributed by atoms with Gasteiger partial charge in [-0.05, 0) is 96.9 Å². The molecule has 2 aromatic carbocycles. The minimum absolute atomic E-state index is 0.0422. The minimum atomic E-state index is -0.961. The van der Waals surface area contributed by atoms with E-state index in [9.17, 15) is 29.1 Å². The summed E-state index contributed by atoms with van der Waals surface area (Å²) in [6.45, 7) is 16.0. The molecule has 15 nitrogen and oxygen atoms in total. The second kappa shape index (κ2) is 24.5. The van der Waals surface area contributed by atoms with E-state index in [0.717, 1.165) is 95.3 Å². The molecule has 5 aliphatic heterocycles. The third-order valence-corrected chi connectivity index (χ3v) is 13.9. The standard InChI is InChI=1S/C21H31N3O3.C15H19NO4.C13H25N3O/c1-4-18-10-11-19(20(25)23-13-12-22(3)16(2)14-23)24(18)21(26)27-15-17-8-6-5-7-9-17;1-2-12-8-9-13(14(17)18)16(12)15(19)20-10-11-6-4-3-5-7-11;1-4-11-5-6-12(14-11)13(17)16-8-7-15(3)10(2)9-16/h5-9,16,18-19H,4,10-15H2,1-3H3;3-7,12-13H,2,8-10H2,1H3,(H,17,18);10-12,14H,4-9H2,1-3H3/t16-,18?,19+;12?,13-;10-,11?,12+/m101/s1. The Morgan fingerprint density at radius 3 is 1.47 bits per heavy atom. The number of amides is 4. The molecule has 5 aliphatic rings. The highest BCUT2D eigenvalue weighted by Gasteiger charge is 2.44. The highest BCUT2D eigenvalue weighted by atomic mass is 16.6. The second-order valence-electron chi connectivity index (χ2n) is 18.2. The van der Waals surface area contributed by atoms with E-state index in [2.05, 4.69) is 56.9 Å². The molecule has 0 aliphatic carbocycles. The molecule has 5 fully saturated rings. The van der Waals surface area contributed by atoms with Crippen molar-refractivity contribution in [2.45, 2.75) is 154 Å². The molecule has 15 heteroatoms. The first-order chi connectivity index (χ1) is 30.8. The molecule has 0 bridgehead atoms. The second-order valence-corrected chi connectivity index (χ2v) is 18.2. The van der Waals surface area contributed by atoms with Crippen molar-refractivity contribution in [3.05, 3.63) is 71.8 Å². The highest BCUT2D eigenvalue weighted by Crippen LogP contribution is 2.30. The van der Waals surface area contributed by atoms with Crippen LogP contribution in [0.2, 0.25) is 0 Å². The van der Waals surface area contributed by atoms with Crippen LogP contribution < -0.4 is 5.32 Å². The zero-order valence-corrected chi connectivity index (χ0v) is 39.4. The lowest BCUT2D eigenvalue weighted by Crippen LogP contribution is -2.57. The molecule has 0 spiro atoms. The van der Waals surface area contributed by atoms with E-state index >= 15 is 0 Å². The van der Waals surface area contributed by atoms with Crippen LogP contribution in [0.4, 0.5) is 9.59 Å². The minimum Gasteiger partial charge on any atom is -0.480 e. The Hall–Kier alpha value is -4.73. The van der Waals surface area contributed by atoms with Crippen molar-refractivity contribution in [2.24, 2.45) is 0 Å². The first-order valence-corrected chi connectivity index (χ1v) is 23.7. The van der Waals surface area contributed by atoms with E-state index in [-0.39, 0.29) is 43.3 Å². The molecule has 0 radical (unpaired) electrons. The van der Waals surface area contributed by atoms with Crippen molar-refractivity contribution in [2.75, 3.05) is 53.4 Å². The summed E-state index contributed by atoms with van der Waals surface area (Å²) in [5.74, 6) is -0.568. The van der Waals surface area contributed by atoms with Crippen molar-refractivity contribution in [3.63, 3.8) is 0 Å². The SMILES string of the molecule is CCC1CC[C@@H](C(=O)N2CCN(C)[C@H](C)C2)N1.CCC1CC[C@@H](C(=O)N2CCN(C)[C@H](C)C2)N1C(=O)OCc1ccccc1.CCC1CC[C@@H](C(=O)O)N1C(=O)OCc1ccccc1. The van der Waals surface area contributed by atoms with Crippen LogP contribution in [0.5, 0.6) is 0 Å². The van der Waals surface area contributed by atoms with Gasteiger partial charge in [0.1, 0.15) is 25.3 Å². The van der Waals surface area contributed by atoms with Crippen molar-refractivity contribution in [3.8, 4) is 0 Å². The quantitative estimate of drug-likeness (QED) is 0.286. The fourth-order valence-corrected chi connectivity index (χ4v) is 9.46. The van der Waals surface area contributed by atoms with Crippen LogP contribution in [-0.2, 0) is 37.1 Å². The molecule has 5 heterocycles. The van der Waals surface area contributed by atoms with Crippen LogP contribution in [-0.4, -0.2) is 166 Å². The molecular weight excluding hydrogens is 815 g/mol. The van der Waals surface area contributed by atoms with Gasteiger partial charge < -0.3 is 39.5 Å². The Morgan fingerprint density at radius 2 is 1.05 bits per heavy atom. The summed E-state index contributed by atoms with van der Waals surface area (Å²) in [5.41, 5.74) is 1.84. The van der Waals surface area contributed by atoms with Gasteiger partial charge >= 0.3 is 18.2 Å². The zero-order chi connectivity index (χ0) is 46.3. The van der Waals surface area contributed by atoms with Gasteiger partial charge in [-0.3, -0.25) is 19.4 Å². The topological polar surface area (TPSA) is 156 Å². The van der Waals surface area contributed by atoms with Gasteiger partial charge in [0.25, 0.3) is 0 Å². The van der Waals surface area contributed by atoms with Gasteiger partial charge in [0.05, 0.1) is 6.04 Å². The summed E-state index contributed by atoms with van der Waals surface area (Å²) >= 11 is 0. The average molecular weight is 890 g/mol. The molecule has 5 saturated heterocycles. The first kappa shape index (κ1) is 50.3. The Kier molecular flexibility index (Phi) is 19.3. The van der Waals surface area contributed by atoms with Crippen molar-refractivity contribution >= 4 is 30.0 Å². The van der Waals surface area contributed by atoms with E-state index in [1.807, 2.05) is 77.4 Å². The molecule has 2 aromatic rings. The third kappa shape index (κ3) is 13.4. The Bertz CT molecular complexity index is 1810. The molecular formula is C49H75N7O8. The van der Waals surface area contributed by atoms with E-state index in [4.69, 9.17) is 9.47 Å². The number of benzene rings is 2. The van der Waals surface area contributed by atoms with E-state index in [1.165, 1.54) is 4.90 Å². The molecule has 354 valence electrons. The maximum absolute atomic E-state index is 13.2. The lowest BCUT2D eigenvalue weighted by molar-refractivity contribution is -0.142. The maximum atomic E-state index is 13.2. The predicted molar refractivity (Wildman–Crippen MR) is 246 cm³/mol. The summed E-state index contributed by atoms with van der Waals surface area (Å²) in [5, 5.41) is 12.6. The summed E-state index contributed by atoms with van der Waals surface area (Å²) in [4.78, 5) is 73.3. The smallest absolute Gasteiger partial charge is 0.411 e. The zero-order valence-electron chi connectivity index (χ0n) is 39.4. The maximum Gasteiger partial charge on any atom is 0.411 e. The largest absolute Gasteiger partial charge is 0.480 e. The van der Waals surface area contributed by atoms with Crippen molar-refractivity contribution in [1.29, 1.82) is 0 Å². The molecule has 7 rings (SSSR count). The third-order valence-electron chi connectivity index (χ3n) is 13.9. The fourth-order valence-electron chi connectivity index (χ4n) is 9.46. The first-order valence-electron chi connectivity index (χ1n) is 23.7. The predicted octanol–water partition coefficient (Wildman–Crippen LogP) is 6.06. The number of hydrogen-bond donors (Lipinski definition) is 2. The van der Waals surface area contributed by atoms with E-state index < -0.39 is 24.1 Å². The van der Waals surface area contributed by atoms with Crippen molar-refractivity contribution < 1.29 is 38.6 Å². The number of nitrogens with zero attached hydrogens (tertiary/aromatic N) is 6.